The zero-order valence-corrected chi connectivity index (χ0v) is 12.5. The summed E-state index contributed by atoms with van der Waals surface area (Å²) in [5.74, 6) is 0.672. The predicted octanol–water partition coefficient (Wildman–Crippen LogP) is 4.28. The Hall–Kier alpha value is -1.11. The Morgan fingerprint density at radius 2 is 1.72 bits per heavy atom. The molecular weight excluding hydrogens is 220 g/mol. The van der Waals surface area contributed by atoms with Crippen LogP contribution in [0.25, 0.3) is 0 Å². The second kappa shape index (κ2) is 4.22. The lowest BCUT2D eigenvalue weighted by atomic mass is 9.63. The molecule has 0 aromatic heterocycles. The standard InChI is InChI=1S/C17H24O/c1-10-7-8-14-11(2)12(3)15(9-18)13(4)16(14)17(10,5)6/h9-10H,7-8H2,1-6H3. The maximum atomic E-state index is 11.4. The molecule has 0 bridgehead atoms. The molecule has 1 aromatic rings. The lowest BCUT2D eigenvalue weighted by Crippen LogP contribution is -2.34. The van der Waals surface area contributed by atoms with Gasteiger partial charge in [0.15, 0.2) is 6.29 Å². The fourth-order valence-electron chi connectivity index (χ4n) is 3.59. The molecule has 0 fully saturated rings. The lowest BCUT2D eigenvalue weighted by Gasteiger charge is -2.41. The summed E-state index contributed by atoms with van der Waals surface area (Å²) in [6, 6.07) is 0. The van der Waals surface area contributed by atoms with Gasteiger partial charge in [-0.1, -0.05) is 20.8 Å². The van der Waals surface area contributed by atoms with Crippen LogP contribution in [-0.2, 0) is 11.8 Å². The summed E-state index contributed by atoms with van der Waals surface area (Å²) in [7, 11) is 0. The van der Waals surface area contributed by atoms with Gasteiger partial charge in [0.2, 0.25) is 0 Å². The first-order valence-corrected chi connectivity index (χ1v) is 6.90. The third-order valence-electron chi connectivity index (χ3n) is 5.32. The molecule has 1 aliphatic rings. The van der Waals surface area contributed by atoms with Gasteiger partial charge in [-0.25, -0.2) is 0 Å². The van der Waals surface area contributed by atoms with Gasteiger partial charge in [0.05, 0.1) is 0 Å². The molecule has 1 aliphatic carbocycles. The molecule has 98 valence electrons. The average Bonchev–Trinajstić information content (AvgIpc) is 2.30. The maximum Gasteiger partial charge on any atom is 0.150 e. The minimum Gasteiger partial charge on any atom is -0.298 e. The molecule has 1 atom stereocenters. The Labute approximate surface area is 111 Å². The van der Waals surface area contributed by atoms with Gasteiger partial charge in [-0.05, 0) is 72.8 Å². The molecule has 0 N–H and O–H groups in total. The van der Waals surface area contributed by atoms with E-state index in [2.05, 4.69) is 41.5 Å². The van der Waals surface area contributed by atoms with Gasteiger partial charge in [-0.3, -0.25) is 4.79 Å². The number of carbonyl (C=O) groups is 1. The van der Waals surface area contributed by atoms with Crippen LogP contribution in [0.2, 0.25) is 0 Å². The van der Waals surface area contributed by atoms with Gasteiger partial charge in [-0.15, -0.1) is 0 Å². The van der Waals surface area contributed by atoms with Crippen molar-refractivity contribution >= 4 is 6.29 Å². The van der Waals surface area contributed by atoms with E-state index >= 15 is 0 Å². The van der Waals surface area contributed by atoms with Crippen LogP contribution in [0.15, 0.2) is 0 Å². The van der Waals surface area contributed by atoms with Gasteiger partial charge in [0.1, 0.15) is 0 Å². The number of hydrogen-bond donors (Lipinski definition) is 0. The van der Waals surface area contributed by atoms with Crippen molar-refractivity contribution in [3.8, 4) is 0 Å². The van der Waals surface area contributed by atoms with Crippen LogP contribution in [0, 0.1) is 26.7 Å². The molecule has 0 heterocycles. The summed E-state index contributed by atoms with van der Waals surface area (Å²) < 4.78 is 0. The van der Waals surface area contributed by atoms with Crippen LogP contribution >= 0.6 is 0 Å². The number of hydrogen-bond acceptors (Lipinski definition) is 1. The van der Waals surface area contributed by atoms with Gasteiger partial charge in [-0.2, -0.15) is 0 Å². The van der Waals surface area contributed by atoms with E-state index < -0.39 is 0 Å². The highest BCUT2D eigenvalue weighted by Crippen LogP contribution is 2.45. The Morgan fingerprint density at radius 1 is 1.11 bits per heavy atom. The molecule has 1 unspecified atom stereocenters. The largest absolute Gasteiger partial charge is 0.298 e. The molecular formula is C17H24O. The van der Waals surface area contributed by atoms with E-state index in [-0.39, 0.29) is 5.41 Å². The van der Waals surface area contributed by atoms with E-state index in [4.69, 9.17) is 0 Å². The molecule has 1 aromatic carbocycles. The van der Waals surface area contributed by atoms with Crippen LogP contribution < -0.4 is 0 Å². The molecule has 0 radical (unpaired) electrons. The zero-order valence-electron chi connectivity index (χ0n) is 12.5. The summed E-state index contributed by atoms with van der Waals surface area (Å²) in [4.78, 5) is 11.4. The second-order valence-corrected chi connectivity index (χ2v) is 6.42. The Kier molecular flexibility index (Phi) is 3.12. The summed E-state index contributed by atoms with van der Waals surface area (Å²) in [6.45, 7) is 13.4. The topological polar surface area (TPSA) is 17.1 Å². The summed E-state index contributed by atoms with van der Waals surface area (Å²) in [5.41, 5.74) is 7.73. The van der Waals surface area contributed by atoms with Crippen LogP contribution in [0.1, 0.15) is 65.4 Å². The maximum absolute atomic E-state index is 11.4. The van der Waals surface area contributed by atoms with Crippen LogP contribution in [0.3, 0.4) is 0 Å². The predicted molar refractivity (Wildman–Crippen MR) is 76.6 cm³/mol. The van der Waals surface area contributed by atoms with Gasteiger partial charge in [0.25, 0.3) is 0 Å². The molecule has 1 heteroatoms. The van der Waals surface area contributed by atoms with E-state index in [9.17, 15) is 4.79 Å². The van der Waals surface area contributed by atoms with Crippen molar-refractivity contribution in [1.82, 2.24) is 0 Å². The Bertz CT molecular complexity index is 509. The molecule has 0 amide bonds. The molecule has 0 spiro atoms. The molecule has 0 saturated carbocycles. The lowest BCUT2D eigenvalue weighted by molar-refractivity contribution is 0.112. The highest BCUT2D eigenvalue weighted by molar-refractivity contribution is 5.82. The van der Waals surface area contributed by atoms with Crippen molar-refractivity contribution < 1.29 is 4.79 Å². The van der Waals surface area contributed by atoms with E-state index in [0.717, 1.165) is 18.3 Å². The number of benzene rings is 1. The molecule has 2 rings (SSSR count). The van der Waals surface area contributed by atoms with E-state index in [1.165, 1.54) is 34.2 Å². The molecule has 18 heavy (non-hydrogen) atoms. The highest BCUT2D eigenvalue weighted by Gasteiger charge is 2.36. The van der Waals surface area contributed by atoms with Crippen LogP contribution in [0.5, 0.6) is 0 Å². The number of rotatable bonds is 1. The van der Waals surface area contributed by atoms with E-state index in [1.807, 2.05) is 0 Å². The normalized spacial score (nSPS) is 21.6. The smallest absolute Gasteiger partial charge is 0.150 e. The number of carbonyl (C=O) groups excluding carboxylic acids is 1. The van der Waals surface area contributed by atoms with Gasteiger partial charge in [0, 0.05) is 5.56 Å². The number of fused-ring (bicyclic) bond motifs is 1. The molecule has 1 nitrogen and oxygen atoms in total. The molecule has 0 saturated heterocycles. The number of aldehydes is 1. The first-order valence-electron chi connectivity index (χ1n) is 6.90. The van der Waals surface area contributed by atoms with Crippen LogP contribution in [0.4, 0.5) is 0 Å². The minimum atomic E-state index is 0.174. The Balaban J connectivity index is 2.84. The first kappa shape index (κ1) is 13.3. The highest BCUT2D eigenvalue weighted by atomic mass is 16.1. The third kappa shape index (κ3) is 1.64. The summed E-state index contributed by atoms with van der Waals surface area (Å²) in [6.07, 6.45) is 3.44. The van der Waals surface area contributed by atoms with Crippen molar-refractivity contribution in [1.29, 1.82) is 0 Å². The van der Waals surface area contributed by atoms with Crippen molar-refractivity contribution in [3.05, 3.63) is 33.4 Å². The van der Waals surface area contributed by atoms with Crippen molar-refractivity contribution in [2.24, 2.45) is 5.92 Å². The fraction of sp³-hybridized carbons (Fsp3) is 0.588. The van der Waals surface area contributed by atoms with E-state index in [1.54, 1.807) is 0 Å². The minimum absolute atomic E-state index is 0.174. The SMILES string of the molecule is Cc1c(C)c2c(c(C)c1C=O)C(C)(C)C(C)CC2. The third-order valence-corrected chi connectivity index (χ3v) is 5.32. The van der Waals surface area contributed by atoms with Crippen molar-refractivity contribution in [2.75, 3.05) is 0 Å². The van der Waals surface area contributed by atoms with E-state index in [0.29, 0.717) is 5.92 Å². The van der Waals surface area contributed by atoms with Crippen molar-refractivity contribution in [2.45, 2.75) is 59.8 Å². The average molecular weight is 244 g/mol. The first-order chi connectivity index (χ1) is 8.32. The van der Waals surface area contributed by atoms with Gasteiger partial charge < -0.3 is 0 Å². The zero-order chi connectivity index (χ0) is 13.7. The summed E-state index contributed by atoms with van der Waals surface area (Å²) in [5, 5.41) is 0. The monoisotopic (exact) mass is 244 g/mol. The second-order valence-electron chi connectivity index (χ2n) is 6.42. The van der Waals surface area contributed by atoms with Gasteiger partial charge >= 0.3 is 0 Å². The summed E-state index contributed by atoms with van der Waals surface area (Å²) >= 11 is 0. The Morgan fingerprint density at radius 3 is 2.28 bits per heavy atom. The fourth-order valence-corrected chi connectivity index (χ4v) is 3.59. The van der Waals surface area contributed by atoms with Crippen LogP contribution in [-0.4, -0.2) is 6.29 Å². The molecule has 0 aliphatic heterocycles. The van der Waals surface area contributed by atoms with Crippen molar-refractivity contribution in [3.63, 3.8) is 0 Å². The quantitative estimate of drug-likeness (QED) is 0.674.